The van der Waals surface area contributed by atoms with Crippen LogP contribution < -0.4 is 21.9 Å². The largest absolute Gasteiger partial charge is 0.323 e. The number of hydrogen-bond donors (Lipinski definition) is 4. The van der Waals surface area contributed by atoms with Gasteiger partial charge in [0.2, 0.25) is 0 Å². The van der Waals surface area contributed by atoms with E-state index in [1.165, 1.54) is 18.2 Å². The molecule has 3 amide bonds. The first-order valence-corrected chi connectivity index (χ1v) is 8.20. The molecule has 0 saturated carbocycles. The summed E-state index contributed by atoms with van der Waals surface area (Å²) in [4.78, 5) is 23.8. The molecule has 0 fully saturated rings. The van der Waals surface area contributed by atoms with Gasteiger partial charge in [-0.3, -0.25) is 10.2 Å². The summed E-state index contributed by atoms with van der Waals surface area (Å²) < 4.78 is 1.60. The maximum absolute atomic E-state index is 12.1. The van der Waals surface area contributed by atoms with E-state index in [-0.39, 0.29) is 11.3 Å². The molecule has 5 N–H and O–H groups in total. The van der Waals surface area contributed by atoms with Crippen molar-refractivity contribution in [3.8, 4) is 0 Å². The van der Waals surface area contributed by atoms with Crippen molar-refractivity contribution in [3.05, 3.63) is 55.9 Å². The van der Waals surface area contributed by atoms with Crippen LogP contribution in [-0.4, -0.2) is 11.9 Å². The number of carbonyl (C=O) groups excluding carboxylic acids is 2. The summed E-state index contributed by atoms with van der Waals surface area (Å²) in [7, 11) is 0. The van der Waals surface area contributed by atoms with E-state index in [0.29, 0.717) is 10.7 Å². The lowest BCUT2D eigenvalue weighted by atomic mass is 10.1. The maximum atomic E-state index is 12.1. The Balaban J connectivity index is 2.19. The van der Waals surface area contributed by atoms with Crippen molar-refractivity contribution in [1.82, 2.24) is 5.43 Å². The van der Waals surface area contributed by atoms with E-state index in [9.17, 15) is 9.59 Å². The second-order valence-electron chi connectivity index (χ2n) is 4.40. The van der Waals surface area contributed by atoms with Crippen LogP contribution in [-0.2, 0) is 0 Å². The summed E-state index contributed by atoms with van der Waals surface area (Å²) in [5.74, 6) is 4.59. The molecule has 0 atom stereocenters. The van der Waals surface area contributed by atoms with Crippen LogP contribution in [0.25, 0.3) is 0 Å². The second-order valence-corrected chi connectivity index (χ2v) is 6.67. The van der Waals surface area contributed by atoms with Gasteiger partial charge in [0.05, 0.1) is 11.3 Å². The molecule has 23 heavy (non-hydrogen) atoms. The van der Waals surface area contributed by atoms with Crippen LogP contribution in [0.4, 0.5) is 16.2 Å². The van der Waals surface area contributed by atoms with Crippen LogP contribution in [0.15, 0.2) is 45.3 Å². The molecule has 120 valence electrons. The van der Waals surface area contributed by atoms with Gasteiger partial charge in [0.25, 0.3) is 5.91 Å². The zero-order valence-corrected chi connectivity index (χ0v) is 15.4. The van der Waals surface area contributed by atoms with Crippen molar-refractivity contribution in [2.75, 3.05) is 10.6 Å². The van der Waals surface area contributed by atoms with Crippen molar-refractivity contribution in [2.24, 2.45) is 5.84 Å². The summed E-state index contributed by atoms with van der Waals surface area (Å²) in [5, 5.41) is 5.61. The fraction of sp³-hybridized carbons (Fsp3) is 0. The molecule has 0 aliphatic heterocycles. The molecule has 0 spiro atoms. The quantitative estimate of drug-likeness (QED) is 0.314. The van der Waals surface area contributed by atoms with Gasteiger partial charge in [-0.05, 0) is 36.4 Å². The first kappa shape index (κ1) is 17.7. The predicted octanol–water partition coefficient (Wildman–Crippen LogP) is 4.11. The smallest absolute Gasteiger partial charge is 0.308 e. The molecule has 6 nitrogen and oxygen atoms in total. The minimum Gasteiger partial charge on any atom is -0.308 e. The molecule has 0 aromatic heterocycles. The van der Waals surface area contributed by atoms with Crippen LogP contribution in [0.2, 0.25) is 5.02 Å². The van der Waals surface area contributed by atoms with E-state index in [2.05, 4.69) is 42.5 Å². The fourth-order valence-electron chi connectivity index (χ4n) is 1.81. The number of amides is 3. The third-order valence-corrected chi connectivity index (χ3v) is 3.88. The van der Waals surface area contributed by atoms with Crippen LogP contribution in [0.3, 0.4) is 0 Å². The molecule has 2 aromatic carbocycles. The Hall–Kier alpha value is -1.61. The minimum atomic E-state index is -0.540. The van der Waals surface area contributed by atoms with E-state index in [4.69, 9.17) is 17.4 Å². The SMILES string of the molecule is NNC(=O)c1ccc(Cl)cc1NC(=O)Nc1cc(Br)cc(Br)c1. The first-order chi connectivity index (χ1) is 10.9. The number of nitrogen functional groups attached to an aromatic ring is 1. The van der Waals surface area contributed by atoms with E-state index in [0.717, 1.165) is 8.95 Å². The summed E-state index contributed by atoms with van der Waals surface area (Å²) in [6.07, 6.45) is 0. The van der Waals surface area contributed by atoms with Gasteiger partial charge in [-0.25, -0.2) is 10.6 Å². The second kappa shape index (κ2) is 7.78. The Morgan fingerprint density at radius 1 is 1.00 bits per heavy atom. The Kier molecular flexibility index (Phi) is 6.00. The van der Waals surface area contributed by atoms with Crippen LogP contribution in [0.1, 0.15) is 10.4 Å². The molecule has 2 aromatic rings. The van der Waals surface area contributed by atoms with Crippen molar-refractivity contribution in [3.63, 3.8) is 0 Å². The molecule has 0 saturated heterocycles. The molecule has 0 unspecified atom stereocenters. The van der Waals surface area contributed by atoms with Gasteiger partial charge in [0, 0.05) is 19.7 Å². The average molecular weight is 463 g/mol. The molecule has 2 rings (SSSR count). The fourth-order valence-corrected chi connectivity index (χ4v) is 3.27. The third kappa shape index (κ3) is 4.93. The number of carbonyl (C=O) groups is 2. The molecular formula is C14H11Br2ClN4O2. The number of nitrogens with two attached hydrogens (primary N) is 1. The number of hydrazine groups is 1. The lowest BCUT2D eigenvalue weighted by Crippen LogP contribution is -2.31. The zero-order valence-electron chi connectivity index (χ0n) is 11.5. The number of anilines is 2. The Labute approximate surface area is 154 Å². The molecular weight excluding hydrogens is 451 g/mol. The molecule has 0 bridgehead atoms. The summed E-state index contributed by atoms with van der Waals surface area (Å²) in [5.41, 5.74) is 3.02. The molecule has 9 heteroatoms. The van der Waals surface area contributed by atoms with Crippen LogP contribution >= 0.6 is 43.5 Å². The number of nitrogens with one attached hydrogen (secondary N) is 3. The van der Waals surface area contributed by atoms with E-state index >= 15 is 0 Å². The highest BCUT2D eigenvalue weighted by Gasteiger charge is 2.13. The van der Waals surface area contributed by atoms with Crippen molar-refractivity contribution < 1.29 is 9.59 Å². The molecule has 0 radical (unpaired) electrons. The van der Waals surface area contributed by atoms with E-state index in [1.807, 2.05) is 11.5 Å². The number of benzene rings is 2. The van der Waals surface area contributed by atoms with Gasteiger partial charge in [0.1, 0.15) is 0 Å². The van der Waals surface area contributed by atoms with Gasteiger partial charge < -0.3 is 10.6 Å². The molecule has 0 aliphatic rings. The topological polar surface area (TPSA) is 96.2 Å². The monoisotopic (exact) mass is 460 g/mol. The number of urea groups is 1. The average Bonchev–Trinajstić information content (AvgIpc) is 2.45. The van der Waals surface area contributed by atoms with Crippen LogP contribution in [0.5, 0.6) is 0 Å². The van der Waals surface area contributed by atoms with Gasteiger partial charge in [-0.15, -0.1) is 0 Å². The summed E-state index contributed by atoms with van der Waals surface area (Å²) in [6, 6.07) is 9.23. The lowest BCUT2D eigenvalue weighted by Gasteiger charge is -2.12. The predicted molar refractivity (Wildman–Crippen MR) is 97.6 cm³/mol. The van der Waals surface area contributed by atoms with Gasteiger partial charge in [0.15, 0.2) is 0 Å². The Morgan fingerprint density at radius 2 is 1.65 bits per heavy atom. The van der Waals surface area contributed by atoms with Crippen molar-refractivity contribution >= 4 is 66.8 Å². The highest BCUT2D eigenvalue weighted by atomic mass is 79.9. The minimum absolute atomic E-state index is 0.197. The number of rotatable bonds is 3. The first-order valence-electron chi connectivity index (χ1n) is 6.23. The van der Waals surface area contributed by atoms with Gasteiger partial charge in [-0.1, -0.05) is 43.5 Å². The van der Waals surface area contributed by atoms with E-state index < -0.39 is 11.9 Å². The maximum Gasteiger partial charge on any atom is 0.323 e. The normalized spacial score (nSPS) is 10.1. The Bertz CT molecular complexity index is 750. The van der Waals surface area contributed by atoms with Gasteiger partial charge in [-0.2, -0.15) is 0 Å². The number of hydrogen-bond acceptors (Lipinski definition) is 3. The molecule has 0 aliphatic carbocycles. The standard InChI is InChI=1S/C14H11Br2ClN4O2/c15-7-3-8(16)5-10(4-7)19-14(23)20-12-6-9(17)1-2-11(12)13(22)21-18/h1-6H,18H2,(H,21,22)(H2,19,20,23). The van der Waals surface area contributed by atoms with Gasteiger partial charge >= 0.3 is 6.03 Å². The van der Waals surface area contributed by atoms with Crippen molar-refractivity contribution in [2.45, 2.75) is 0 Å². The summed E-state index contributed by atoms with van der Waals surface area (Å²) in [6.45, 7) is 0. The molecule has 0 heterocycles. The van der Waals surface area contributed by atoms with Crippen molar-refractivity contribution in [1.29, 1.82) is 0 Å². The third-order valence-electron chi connectivity index (χ3n) is 2.73. The van der Waals surface area contributed by atoms with E-state index in [1.54, 1.807) is 12.1 Å². The highest BCUT2D eigenvalue weighted by Crippen LogP contribution is 2.24. The lowest BCUT2D eigenvalue weighted by molar-refractivity contribution is 0.0954. The number of halogens is 3. The van der Waals surface area contributed by atoms with Crippen LogP contribution in [0, 0.1) is 0 Å². The summed E-state index contributed by atoms with van der Waals surface area (Å²) >= 11 is 12.6. The Morgan fingerprint density at radius 3 is 2.26 bits per heavy atom. The highest BCUT2D eigenvalue weighted by molar-refractivity contribution is 9.11. The zero-order chi connectivity index (χ0) is 17.0.